The summed E-state index contributed by atoms with van der Waals surface area (Å²) in [6.45, 7) is 11.8. The second-order valence-corrected chi connectivity index (χ2v) is 18.2. The maximum absolute atomic E-state index is 13.7. The molecule has 62 heavy (non-hydrogen) atoms. The lowest BCUT2D eigenvalue weighted by Crippen LogP contribution is -2.42. The number of fused-ring (bicyclic) bond motifs is 4. The van der Waals surface area contributed by atoms with Crippen molar-refractivity contribution in [3.8, 4) is 22.6 Å². The van der Waals surface area contributed by atoms with Gasteiger partial charge >= 0.3 is 12.1 Å². The zero-order chi connectivity index (χ0) is 44.2. The Hall–Kier alpha value is -6.34. The number of amides is 1. The summed E-state index contributed by atoms with van der Waals surface area (Å²) >= 11 is 0. The van der Waals surface area contributed by atoms with E-state index in [4.69, 9.17) is 24.7 Å². The number of carbonyl (C=O) groups excluding carboxylic acids is 2. The number of alkyl carbamates (subject to hydrolysis) is 1. The lowest BCUT2D eigenvalue weighted by molar-refractivity contribution is -0.147. The van der Waals surface area contributed by atoms with Gasteiger partial charge in [0.25, 0.3) is 10.0 Å². The van der Waals surface area contributed by atoms with E-state index in [2.05, 4.69) is 27.2 Å². The van der Waals surface area contributed by atoms with Crippen LogP contribution in [0, 0.1) is 27.7 Å². The molecule has 1 aliphatic heterocycles. The number of aryl methyl sites for hydroxylation is 1. The van der Waals surface area contributed by atoms with E-state index in [-0.39, 0.29) is 49.4 Å². The predicted octanol–water partition coefficient (Wildman–Crippen LogP) is 8.24. The molecule has 0 unspecified atom stereocenters. The minimum atomic E-state index is -4.11. The van der Waals surface area contributed by atoms with E-state index < -0.39 is 33.7 Å². The molecule has 2 aliphatic rings. The lowest BCUT2D eigenvalue weighted by atomic mass is 9.94. The zero-order valence-corrected chi connectivity index (χ0v) is 36.9. The van der Waals surface area contributed by atoms with Crippen molar-refractivity contribution in [2.24, 2.45) is 10.7 Å². The van der Waals surface area contributed by atoms with Crippen LogP contribution in [-0.2, 0) is 43.9 Å². The molecule has 13 heteroatoms. The number of hydrogen-bond donors (Lipinski definition) is 3. The first-order valence-electron chi connectivity index (χ1n) is 20.8. The summed E-state index contributed by atoms with van der Waals surface area (Å²) in [5.74, 6) is 0.262. The molecular formula is C49H54N4O8S. The average Bonchev–Trinajstić information content (AvgIpc) is 3.76. The fourth-order valence-corrected chi connectivity index (χ4v) is 9.71. The van der Waals surface area contributed by atoms with Crippen LogP contribution in [0.4, 0.5) is 4.79 Å². The number of nitrogens with one attached hydrogen (secondary N) is 2. The maximum Gasteiger partial charge on any atom is 0.407 e. The highest BCUT2D eigenvalue weighted by Crippen LogP contribution is 2.45. The van der Waals surface area contributed by atoms with E-state index in [1.807, 2.05) is 113 Å². The molecule has 0 aromatic heterocycles. The van der Waals surface area contributed by atoms with Crippen molar-refractivity contribution in [3.63, 3.8) is 0 Å². The first-order chi connectivity index (χ1) is 29.6. The molecule has 0 fully saturated rings. The second kappa shape index (κ2) is 18.3. The Morgan fingerprint density at radius 3 is 2.10 bits per heavy atom. The normalized spacial score (nSPS) is 14.5. The van der Waals surface area contributed by atoms with E-state index in [0.717, 1.165) is 50.3 Å². The Kier molecular flexibility index (Phi) is 12.9. The third kappa shape index (κ3) is 9.89. The Bertz CT molecular complexity index is 2560. The second-order valence-electron chi connectivity index (χ2n) is 16.6. The number of nitrogens with zero attached hydrogens (tertiary/aromatic N) is 1. The van der Waals surface area contributed by atoms with E-state index in [1.165, 1.54) is 5.56 Å². The van der Waals surface area contributed by atoms with Gasteiger partial charge in [-0.15, -0.1) is 0 Å². The van der Waals surface area contributed by atoms with Crippen molar-refractivity contribution in [2.45, 2.75) is 96.5 Å². The molecule has 4 N–H and O–H groups in total. The standard InChI is InChI=1S/C49H54N4O8S/c1-30-17-19-34(20-18-30)27-58-36-23-21-35(22-24-36)28-59-46(54)43(52-48(55)60-29-42-39-14-9-7-12-37(39)38-13-8-10-15-40(38)42)16-11-25-51-47(50)53-62(56,57)45-32(3)31(2)44-41(33(45)4)26-49(5,6)61-44/h7-10,12-15,17-24,42-43H,11,16,25-29H2,1-6H3,(H,52,55)(H3,50,51,53)/t43-/m0/s1. The van der Waals surface area contributed by atoms with Crippen molar-refractivity contribution in [1.29, 1.82) is 0 Å². The number of esters is 1. The fraction of sp³-hybridized carbons (Fsp3) is 0.327. The van der Waals surface area contributed by atoms with Crippen molar-refractivity contribution < 1.29 is 37.0 Å². The van der Waals surface area contributed by atoms with Crippen LogP contribution < -0.4 is 25.2 Å². The van der Waals surface area contributed by atoms with E-state index in [9.17, 15) is 18.0 Å². The zero-order valence-electron chi connectivity index (χ0n) is 36.0. The SMILES string of the molecule is Cc1ccc(COc2ccc(COC(=O)[C@H](CCCN=C(N)NS(=O)(=O)c3c(C)c(C)c4c(c3C)CC(C)(C)O4)NC(=O)OCC3c4ccccc4-c4ccccc43)cc2)cc1. The van der Waals surface area contributed by atoms with Gasteiger partial charge in [0, 0.05) is 24.4 Å². The molecular weight excluding hydrogens is 805 g/mol. The Labute approximate surface area is 363 Å². The number of carbonyl (C=O) groups is 2. The summed E-state index contributed by atoms with van der Waals surface area (Å²) in [6, 6.07) is 30.3. The van der Waals surface area contributed by atoms with Crippen LogP contribution in [0.2, 0.25) is 0 Å². The number of sulfonamides is 1. The number of rotatable bonds is 15. The van der Waals surface area contributed by atoms with Crippen molar-refractivity contribution >= 4 is 28.0 Å². The third-order valence-electron chi connectivity index (χ3n) is 11.5. The van der Waals surface area contributed by atoms with Gasteiger partial charge in [-0.25, -0.2) is 22.7 Å². The summed E-state index contributed by atoms with van der Waals surface area (Å²) in [4.78, 5) is 31.4. The van der Waals surface area contributed by atoms with Crippen LogP contribution in [0.15, 0.2) is 107 Å². The van der Waals surface area contributed by atoms with Crippen molar-refractivity contribution in [3.05, 3.63) is 147 Å². The number of ether oxygens (including phenoxy) is 4. The van der Waals surface area contributed by atoms with Crippen LogP contribution in [0.3, 0.4) is 0 Å². The number of aliphatic imine (C=N–C) groups is 1. The Morgan fingerprint density at radius 1 is 0.823 bits per heavy atom. The molecule has 5 aromatic rings. The molecule has 1 atom stereocenters. The first-order valence-corrected chi connectivity index (χ1v) is 22.3. The number of guanidine groups is 1. The monoisotopic (exact) mass is 858 g/mol. The van der Waals surface area contributed by atoms with Gasteiger partial charge in [0.15, 0.2) is 0 Å². The highest BCUT2D eigenvalue weighted by molar-refractivity contribution is 7.90. The highest BCUT2D eigenvalue weighted by atomic mass is 32.2. The van der Waals surface area contributed by atoms with Crippen LogP contribution in [-0.4, -0.2) is 51.2 Å². The molecule has 0 bridgehead atoms. The molecule has 1 aliphatic carbocycles. The van der Waals surface area contributed by atoms with Gasteiger partial charge in [0.1, 0.15) is 43.0 Å². The van der Waals surface area contributed by atoms with Gasteiger partial charge in [-0.3, -0.25) is 4.99 Å². The van der Waals surface area contributed by atoms with Crippen LogP contribution in [0.25, 0.3) is 11.1 Å². The molecule has 0 spiro atoms. The highest BCUT2D eigenvalue weighted by Gasteiger charge is 2.37. The molecule has 324 valence electrons. The molecule has 1 heterocycles. The quantitative estimate of drug-likeness (QED) is 0.0407. The summed E-state index contributed by atoms with van der Waals surface area (Å²) in [7, 11) is -4.11. The number of benzene rings is 5. The third-order valence-corrected chi connectivity index (χ3v) is 13.1. The van der Waals surface area contributed by atoms with Crippen LogP contribution in [0.5, 0.6) is 11.5 Å². The van der Waals surface area contributed by atoms with Gasteiger partial charge in [-0.05, 0) is 117 Å². The molecule has 0 saturated carbocycles. The summed E-state index contributed by atoms with van der Waals surface area (Å²) in [5, 5.41) is 2.70. The smallest absolute Gasteiger partial charge is 0.407 e. The molecule has 7 rings (SSSR count). The van der Waals surface area contributed by atoms with Gasteiger partial charge in [0.05, 0.1) is 4.90 Å². The number of hydrogen-bond acceptors (Lipinski definition) is 9. The van der Waals surface area contributed by atoms with Crippen molar-refractivity contribution in [1.82, 2.24) is 10.0 Å². The van der Waals surface area contributed by atoms with Gasteiger partial charge in [0.2, 0.25) is 5.96 Å². The van der Waals surface area contributed by atoms with E-state index >= 15 is 0 Å². The predicted molar refractivity (Wildman–Crippen MR) is 239 cm³/mol. The largest absolute Gasteiger partial charge is 0.489 e. The molecule has 0 radical (unpaired) electrons. The van der Waals surface area contributed by atoms with Crippen molar-refractivity contribution in [2.75, 3.05) is 13.2 Å². The molecule has 12 nitrogen and oxygen atoms in total. The lowest BCUT2D eigenvalue weighted by Gasteiger charge is -2.19. The first kappa shape index (κ1) is 43.7. The molecule has 0 saturated heterocycles. The Morgan fingerprint density at radius 2 is 1.44 bits per heavy atom. The van der Waals surface area contributed by atoms with Gasteiger partial charge in [-0.2, -0.15) is 0 Å². The summed E-state index contributed by atoms with van der Waals surface area (Å²) < 4.78 is 53.4. The number of nitrogens with two attached hydrogens (primary N) is 1. The van der Waals surface area contributed by atoms with E-state index in [0.29, 0.717) is 29.9 Å². The van der Waals surface area contributed by atoms with Crippen LogP contribution >= 0.6 is 0 Å². The fourth-order valence-electron chi connectivity index (χ4n) is 8.18. The minimum absolute atomic E-state index is 0.0442. The van der Waals surface area contributed by atoms with Gasteiger partial charge in [-0.1, -0.05) is 90.5 Å². The molecule has 5 aromatic carbocycles. The molecule has 1 amide bonds. The Balaban J connectivity index is 0.987. The summed E-state index contributed by atoms with van der Waals surface area (Å²) in [5.41, 5.74) is 15.7. The topological polar surface area (TPSA) is 168 Å². The van der Waals surface area contributed by atoms with E-state index in [1.54, 1.807) is 13.8 Å². The average molecular weight is 859 g/mol. The van der Waals surface area contributed by atoms with Crippen LogP contribution in [0.1, 0.15) is 82.7 Å². The summed E-state index contributed by atoms with van der Waals surface area (Å²) in [6.07, 6.45) is 0.159. The minimum Gasteiger partial charge on any atom is -0.489 e. The maximum atomic E-state index is 13.7. The van der Waals surface area contributed by atoms with Gasteiger partial charge < -0.3 is 30.0 Å².